The molecule has 1 fully saturated rings. The third-order valence-corrected chi connectivity index (χ3v) is 8.16. The summed E-state index contributed by atoms with van der Waals surface area (Å²) < 4.78 is 73.1. The summed E-state index contributed by atoms with van der Waals surface area (Å²) in [5.41, 5.74) is 5.89. The van der Waals surface area contributed by atoms with Gasteiger partial charge in [0.1, 0.15) is 5.60 Å². The molecule has 1 aliphatic carbocycles. The van der Waals surface area contributed by atoms with E-state index in [1.807, 2.05) is 4.98 Å². The summed E-state index contributed by atoms with van der Waals surface area (Å²) in [5.74, 6) is -8.74. The van der Waals surface area contributed by atoms with Gasteiger partial charge in [0.05, 0.1) is 22.8 Å². The van der Waals surface area contributed by atoms with Crippen LogP contribution in [-0.2, 0) is 26.7 Å². The smallest absolute Gasteiger partial charge is 0.444 e. The fourth-order valence-corrected chi connectivity index (χ4v) is 5.51. The number of carbonyl (C=O) groups excluding carboxylic acids is 3. The number of imidazole rings is 1. The summed E-state index contributed by atoms with van der Waals surface area (Å²) in [7, 11) is 0. The summed E-state index contributed by atoms with van der Waals surface area (Å²) in [6.07, 6.45) is -4.45. The highest BCUT2D eigenvalue weighted by atomic mass is 79.9. The zero-order chi connectivity index (χ0) is 34.0. The second-order valence-corrected chi connectivity index (χ2v) is 13.3. The number of aromatic nitrogens is 2. The van der Waals surface area contributed by atoms with Crippen LogP contribution in [0.2, 0.25) is 0 Å². The number of anilines is 1. The highest BCUT2D eigenvalue weighted by Crippen LogP contribution is 2.43. The van der Waals surface area contributed by atoms with Gasteiger partial charge in [-0.25, -0.2) is 14.7 Å². The third kappa shape index (κ3) is 8.41. The van der Waals surface area contributed by atoms with Crippen LogP contribution in [0.3, 0.4) is 0 Å². The van der Waals surface area contributed by atoms with Gasteiger partial charge in [0.15, 0.2) is 5.82 Å². The average molecular weight is 717 g/mol. The van der Waals surface area contributed by atoms with Crippen LogP contribution in [-0.4, -0.2) is 52.2 Å². The molecule has 0 aliphatic heterocycles. The molecule has 4 N–H and O–H groups in total. The molecule has 1 aromatic heterocycles. The molecule has 1 aliphatic rings. The number of aromatic amines is 1. The maximum atomic E-state index is 14.0. The van der Waals surface area contributed by atoms with Gasteiger partial charge >= 0.3 is 18.2 Å². The monoisotopic (exact) mass is 715 g/mol. The molecule has 1 saturated carbocycles. The number of nitrogens with one attached hydrogen (secondary N) is 2. The highest BCUT2D eigenvalue weighted by Gasteiger charge is 2.61. The van der Waals surface area contributed by atoms with Crippen LogP contribution in [0.15, 0.2) is 46.9 Å². The number of halogens is 6. The van der Waals surface area contributed by atoms with Crippen molar-refractivity contribution in [1.82, 2.24) is 15.3 Å². The van der Waals surface area contributed by atoms with Crippen LogP contribution in [0, 0.1) is 11.8 Å². The first-order valence-electron chi connectivity index (χ1n) is 14.6. The highest BCUT2D eigenvalue weighted by molar-refractivity contribution is 9.10. The maximum Gasteiger partial charge on any atom is 0.461 e. The third-order valence-electron chi connectivity index (χ3n) is 7.63. The van der Waals surface area contributed by atoms with Crippen LogP contribution in [0.1, 0.15) is 57.8 Å². The van der Waals surface area contributed by atoms with Crippen molar-refractivity contribution in [3.63, 3.8) is 0 Å². The molecular formula is C31H35BrF5N5O4. The molecule has 0 radical (unpaired) electrons. The number of amides is 3. The first-order chi connectivity index (χ1) is 21.4. The van der Waals surface area contributed by atoms with E-state index in [9.17, 15) is 36.3 Å². The number of rotatable bonds is 8. The fraction of sp³-hybridized carbons (Fsp3) is 0.484. The minimum atomic E-state index is -5.89. The molecule has 4 rings (SSSR count). The van der Waals surface area contributed by atoms with Gasteiger partial charge in [-0.2, -0.15) is 22.0 Å². The maximum absolute atomic E-state index is 14.0. The summed E-state index contributed by atoms with van der Waals surface area (Å²) in [6, 6.07) is 9.43. The van der Waals surface area contributed by atoms with E-state index in [0.29, 0.717) is 32.2 Å². The Morgan fingerprint density at radius 2 is 1.67 bits per heavy atom. The summed E-state index contributed by atoms with van der Waals surface area (Å²) >= 11 is 3.34. The number of imide groups is 1. The Hall–Kier alpha value is -3.59. The van der Waals surface area contributed by atoms with Crippen LogP contribution >= 0.6 is 15.9 Å². The van der Waals surface area contributed by atoms with Gasteiger partial charge in [-0.3, -0.25) is 9.59 Å². The van der Waals surface area contributed by atoms with Crippen molar-refractivity contribution >= 4 is 50.6 Å². The van der Waals surface area contributed by atoms with E-state index >= 15 is 0 Å². The number of nitrogens with zero attached hydrogens (tertiary/aromatic N) is 2. The summed E-state index contributed by atoms with van der Waals surface area (Å²) in [4.78, 5) is 46.1. The molecule has 15 heteroatoms. The van der Waals surface area contributed by atoms with E-state index in [-0.39, 0.29) is 29.1 Å². The Kier molecular flexibility index (Phi) is 10.5. The number of ether oxygens (including phenoxy) is 1. The second-order valence-electron chi connectivity index (χ2n) is 12.4. The van der Waals surface area contributed by atoms with Crippen molar-refractivity contribution in [2.45, 2.75) is 76.6 Å². The lowest BCUT2D eigenvalue weighted by molar-refractivity contribution is -0.292. The molecular weight excluding hydrogens is 681 g/mol. The molecule has 3 amide bonds. The zero-order valence-corrected chi connectivity index (χ0v) is 27.0. The van der Waals surface area contributed by atoms with Crippen LogP contribution in [0.25, 0.3) is 11.0 Å². The van der Waals surface area contributed by atoms with Crippen molar-refractivity contribution in [2.75, 3.05) is 11.4 Å². The predicted octanol–water partition coefficient (Wildman–Crippen LogP) is 6.74. The Morgan fingerprint density at radius 1 is 1.04 bits per heavy atom. The number of hydrogen-bond donors (Lipinski definition) is 3. The topological polar surface area (TPSA) is 130 Å². The Labute approximate surface area is 270 Å². The van der Waals surface area contributed by atoms with Crippen LogP contribution in [0.5, 0.6) is 0 Å². The number of fused-ring (bicyclic) bond motifs is 1. The number of alkyl carbamates (subject to hydrolysis) is 1. The largest absolute Gasteiger partial charge is 0.461 e. The predicted molar refractivity (Wildman–Crippen MR) is 164 cm³/mol. The minimum Gasteiger partial charge on any atom is -0.444 e. The Morgan fingerprint density at radius 3 is 2.26 bits per heavy atom. The Bertz CT molecular complexity index is 1560. The minimum absolute atomic E-state index is 0.0482. The molecule has 0 bridgehead atoms. The first-order valence-corrected chi connectivity index (χ1v) is 15.4. The lowest BCUT2D eigenvalue weighted by Gasteiger charge is -2.32. The van der Waals surface area contributed by atoms with Gasteiger partial charge in [0.2, 0.25) is 5.91 Å². The molecule has 0 unspecified atom stereocenters. The van der Waals surface area contributed by atoms with Crippen molar-refractivity contribution in [3.8, 4) is 0 Å². The van der Waals surface area contributed by atoms with Crippen LogP contribution < -0.4 is 16.0 Å². The second kappa shape index (κ2) is 13.6. The SMILES string of the molecule is CC(C)(C)OC(=O)NC[C@H]1CC[C@H](C(=O)N(C(=O)[C@@H](N)Cc2ccc(Br)cc2)c2ccc3nc(C(F)(F)C(F)(F)F)[nH]c3c2)CC1. The first kappa shape index (κ1) is 35.3. The van der Waals surface area contributed by atoms with Gasteiger partial charge in [-0.1, -0.05) is 28.1 Å². The number of benzene rings is 2. The molecule has 0 saturated heterocycles. The van der Waals surface area contributed by atoms with Gasteiger partial charge in [0, 0.05) is 16.9 Å². The number of alkyl halides is 5. The number of H-pyrrole nitrogens is 1. The van der Waals surface area contributed by atoms with Crippen molar-refractivity contribution in [1.29, 1.82) is 0 Å². The molecule has 250 valence electrons. The van der Waals surface area contributed by atoms with E-state index < -0.39 is 53.4 Å². The van der Waals surface area contributed by atoms with E-state index in [2.05, 4.69) is 26.2 Å². The lowest BCUT2D eigenvalue weighted by Crippen LogP contribution is -2.50. The van der Waals surface area contributed by atoms with Gasteiger partial charge < -0.3 is 20.8 Å². The average Bonchev–Trinajstić information content (AvgIpc) is 3.40. The molecule has 1 atom stereocenters. The van der Waals surface area contributed by atoms with E-state index in [0.717, 1.165) is 27.1 Å². The fourth-order valence-electron chi connectivity index (χ4n) is 5.25. The summed E-state index contributed by atoms with van der Waals surface area (Å²) in [6.45, 7) is 5.60. The number of carbonyl (C=O) groups is 3. The van der Waals surface area contributed by atoms with Crippen LogP contribution in [0.4, 0.5) is 32.4 Å². The molecule has 46 heavy (non-hydrogen) atoms. The lowest BCUT2D eigenvalue weighted by atomic mass is 9.81. The number of hydrogen-bond acceptors (Lipinski definition) is 6. The molecule has 9 nitrogen and oxygen atoms in total. The van der Waals surface area contributed by atoms with Gasteiger partial charge in [0.25, 0.3) is 5.91 Å². The molecule has 0 spiro atoms. The zero-order valence-electron chi connectivity index (χ0n) is 25.4. The standard InChI is InChI=1S/C31H35BrF5N5O4/c1-29(2,3)46-28(45)39-16-18-4-8-19(9-5-18)25(43)42(26(44)22(38)14-17-6-10-20(32)11-7-17)21-12-13-23-24(15-21)41-27(40-23)30(33,34)31(35,36)37/h6-7,10-13,15,18-19,22H,4-5,8-9,14,16,38H2,1-3H3,(H,39,45)(H,40,41)/t18-,19-,22-/m0/s1. The van der Waals surface area contributed by atoms with E-state index in [4.69, 9.17) is 10.5 Å². The Balaban J connectivity index is 1.57. The van der Waals surface area contributed by atoms with Crippen molar-refractivity contribution < 1.29 is 41.1 Å². The molecule has 2 aromatic carbocycles. The molecule has 1 heterocycles. The van der Waals surface area contributed by atoms with E-state index in [1.165, 1.54) is 6.07 Å². The summed E-state index contributed by atoms with van der Waals surface area (Å²) in [5, 5.41) is 2.74. The normalized spacial score (nSPS) is 18.2. The molecule has 3 aromatic rings. The van der Waals surface area contributed by atoms with Gasteiger partial charge in [-0.15, -0.1) is 0 Å². The van der Waals surface area contributed by atoms with Crippen molar-refractivity contribution in [2.24, 2.45) is 17.6 Å². The quantitative estimate of drug-likeness (QED) is 0.222. The van der Waals surface area contributed by atoms with Crippen molar-refractivity contribution in [3.05, 3.63) is 58.3 Å². The van der Waals surface area contributed by atoms with E-state index in [1.54, 1.807) is 45.0 Å². The van der Waals surface area contributed by atoms with Gasteiger partial charge in [-0.05, 0) is 94.7 Å². The number of nitrogens with two attached hydrogens (primary N) is 1.